The molecular formula is H6As2O8Pb3. The van der Waals surface area contributed by atoms with E-state index in [-0.39, 0.29) is 81.9 Å². The summed E-state index contributed by atoms with van der Waals surface area (Å²) in [5.41, 5.74) is 0. The molecule has 6 N–H and O–H groups in total. The molecule has 0 unspecified atom stereocenters. The summed E-state index contributed by atoms with van der Waals surface area (Å²) in [6.07, 6.45) is 0. The summed E-state index contributed by atoms with van der Waals surface area (Å²) in [5, 5.41) is 0. The van der Waals surface area contributed by atoms with Gasteiger partial charge in [-0.25, -0.2) is 0 Å². The van der Waals surface area contributed by atoms with E-state index < -0.39 is 29.0 Å². The van der Waals surface area contributed by atoms with E-state index in [9.17, 15) is 0 Å². The normalized spacial score (nSPS) is 9.08. The van der Waals surface area contributed by atoms with Crippen LogP contribution in [-0.2, 0) is 7.48 Å². The van der Waals surface area contributed by atoms with Gasteiger partial charge in [0.1, 0.15) is 0 Å². The van der Waals surface area contributed by atoms with Gasteiger partial charge in [-0.15, -0.1) is 0 Å². The van der Waals surface area contributed by atoms with E-state index in [2.05, 4.69) is 0 Å². The Balaban J connectivity index is -0.0000000267. The van der Waals surface area contributed by atoms with Gasteiger partial charge in [0.2, 0.25) is 0 Å². The van der Waals surface area contributed by atoms with Crippen molar-refractivity contribution >= 4 is 111 Å². The van der Waals surface area contributed by atoms with Gasteiger partial charge in [-0.2, -0.15) is 0 Å². The Hall–Kier alpha value is 3.24. The minimum absolute atomic E-state index is 0. The minimum atomic E-state index is -5.12. The van der Waals surface area contributed by atoms with Crippen molar-refractivity contribution in [2.24, 2.45) is 0 Å². The van der Waals surface area contributed by atoms with Gasteiger partial charge in [-0.1, -0.05) is 0 Å². The standard InChI is InChI=1S/2AsH3O4.3Pb/c2*2-1(3,4)5;;;/h2*(H3,2,3,4,5);;;. The van der Waals surface area contributed by atoms with Gasteiger partial charge in [-0.3, -0.25) is 0 Å². The topological polar surface area (TPSA) is 156 Å². The van der Waals surface area contributed by atoms with E-state index in [4.69, 9.17) is 32.1 Å². The van der Waals surface area contributed by atoms with Crippen LogP contribution in [0.5, 0.6) is 0 Å². The summed E-state index contributed by atoms with van der Waals surface area (Å²) in [7, 11) is 0. The van der Waals surface area contributed by atoms with E-state index in [1.54, 1.807) is 0 Å². The molecule has 13 heavy (non-hydrogen) atoms. The van der Waals surface area contributed by atoms with Crippen molar-refractivity contribution in [1.29, 1.82) is 0 Å². The molecule has 13 heteroatoms. The van der Waals surface area contributed by atoms with Crippen LogP contribution in [0.2, 0.25) is 0 Å². The van der Waals surface area contributed by atoms with E-state index >= 15 is 0 Å². The van der Waals surface area contributed by atoms with Gasteiger partial charge < -0.3 is 0 Å². The SMILES string of the molecule is O=[As](O)(O)O.O=[As](O)(O)O.[Pb].[Pb].[Pb]. The third-order valence-corrected chi connectivity index (χ3v) is 0. The third kappa shape index (κ3) is 254. The molecule has 0 aromatic heterocycles. The summed E-state index contributed by atoms with van der Waals surface area (Å²) < 4.78 is 61.4. The van der Waals surface area contributed by atoms with Gasteiger partial charge >= 0.3 is 61.1 Å². The predicted molar refractivity (Wildman–Crippen MR) is 43.5 cm³/mol. The molecule has 0 rings (SSSR count). The van der Waals surface area contributed by atoms with Gasteiger partial charge in [0.15, 0.2) is 0 Å². The summed E-state index contributed by atoms with van der Waals surface area (Å²) in [5.74, 6) is 0. The summed E-state index contributed by atoms with van der Waals surface area (Å²) in [6.45, 7) is 0. The molecule has 0 spiro atoms. The fourth-order valence-corrected chi connectivity index (χ4v) is 0. The smallest absolute Gasteiger partial charge is 0 e. The van der Waals surface area contributed by atoms with Crippen LogP contribution in [0.25, 0.3) is 0 Å². The number of hydrogen-bond donors (Lipinski definition) is 6. The Morgan fingerprint density at radius 3 is 0.538 bits per heavy atom. The van der Waals surface area contributed by atoms with Gasteiger partial charge in [0.25, 0.3) is 0 Å². The monoisotopic (exact) mass is 908 g/mol. The van der Waals surface area contributed by atoms with Crippen molar-refractivity contribution in [3.05, 3.63) is 0 Å². The molecule has 8 nitrogen and oxygen atoms in total. The molecule has 0 bridgehead atoms. The molecule has 0 saturated carbocycles. The van der Waals surface area contributed by atoms with Crippen molar-refractivity contribution in [3.8, 4) is 0 Å². The fourth-order valence-electron chi connectivity index (χ4n) is 0. The molecule has 12 radical (unpaired) electrons. The van der Waals surface area contributed by atoms with Crippen LogP contribution in [0.4, 0.5) is 0 Å². The van der Waals surface area contributed by atoms with Crippen molar-refractivity contribution in [2.75, 3.05) is 0 Å². The van der Waals surface area contributed by atoms with E-state index in [0.29, 0.717) is 0 Å². The molecule has 0 saturated heterocycles. The van der Waals surface area contributed by atoms with Crippen LogP contribution < -0.4 is 0 Å². The molecule has 0 amide bonds. The molecule has 0 aromatic rings. The van der Waals surface area contributed by atoms with E-state index in [1.165, 1.54) is 0 Å². The molecule has 76 valence electrons. The second kappa shape index (κ2) is 13.3. The molecule has 0 aliphatic rings. The van der Waals surface area contributed by atoms with Crippen LogP contribution in [0.1, 0.15) is 0 Å². The maximum Gasteiger partial charge on any atom is 0 e. The first-order valence-corrected chi connectivity index (χ1v) is 8.13. The van der Waals surface area contributed by atoms with Gasteiger partial charge in [-0.05, 0) is 0 Å². The molecule has 0 heterocycles. The van der Waals surface area contributed by atoms with Crippen molar-refractivity contribution in [3.63, 3.8) is 0 Å². The molecule has 0 atom stereocenters. The third-order valence-electron chi connectivity index (χ3n) is 0. The Labute approximate surface area is 140 Å². The Kier molecular flexibility index (Phi) is 30.6. The number of rotatable bonds is 0. The van der Waals surface area contributed by atoms with Gasteiger partial charge in [0.05, 0.1) is 0 Å². The van der Waals surface area contributed by atoms with E-state index in [0.717, 1.165) is 0 Å². The fraction of sp³-hybridized carbons (Fsp3) is 0. The van der Waals surface area contributed by atoms with E-state index in [1.807, 2.05) is 0 Å². The Bertz CT molecular complexity index is 130. The first-order valence-electron chi connectivity index (χ1n) is 1.57. The summed E-state index contributed by atoms with van der Waals surface area (Å²) in [4.78, 5) is 0. The number of hydrogen-bond acceptors (Lipinski definition) is 2. The van der Waals surface area contributed by atoms with Crippen LogP contribution in [0.15, 0.2) is 0 Å². The molecule has 0 fully saturated rings. The quantitative estimate of drug-likeness (QED) is 0.132. The Morgan fingerprint density at radius 2 is 0.538 bits per heavy atom. The average molecular weight is 905 g/mol. The second-order valence-electron chi connectivity index (χ2n) is 1.03. The van der Waals surface area contributed by atoms with Gasteiger partial charge in [0, 0.05) is 81.9 Å². The van der Waals surface area contributed by atoms with Crippen LogP contribution in [0, 0.1) is 0 Å². The molecule has 0 aliphatic carbocycles. The van der Waals surface area contributed by atoms with Crippen molar-refractivity contribution in [2.45, 2.75) is 0 Å². The summed E-state index contributed by atoms with van der Waals surface area (Å²) in [6, 6.07) is 0. The van der Waals surface area contributed by atoms with Crippen LogP contribution >= 0.6 is 0 Å². The van der Waals surface area contributed by atoms with Crippen molar-refractivity contribution in [1.82, 2.24) is 0 Å². The maximum atomic E-state index is 8.94. The maximum absolute atomic E-state index is 8.94. The molecular weight excluding hydrogens is 899 g/mol. The Morgan fingerprint density at radius 1 is 0.538 bits per heavy atom. The van der Waals surface area contributed by atoms with Crippen LogP contribution in [-0.4, -0.2) is 135 Å². The zero-order valence-electron chi connectivity index (χ0n) is 5.89. The first-order chi connectivity index (χ1) is 4.00. The minimum Gasteiger partial charge on any atom is 0 e. The van der Waals surface area contributed by atoms with Crippen molar-refractivity contribution < 1.29 is 32.1 Å². The molecule has 0 aromatic carbocycles. The largest absolute Gasteiger partial charge is 0 e. The second-order valence-corrected chi connectivity index (χ2v) is 5.33. The first kappa shape index (κ1) is 29.9. The summed E-state index contributed by atoms with van der Waals surface area (Å²) >= 11 is -10.2. The zero-order chi connectivity index (χ0) is 9.00. The van der Waals surface area contributed by atoms with Crippen LogP contribution in [0.3, 0.4) is 0 Å². The predicted octanol–water partition coefficient (Wildman–Crippen LogP) is -5.48. The molecule has 0 aliphatic heterocycles. The zero-order valence-corrected chi connectivity index (χ0v) is 21.3. The average Bonchev–Trinajstić information content (AvgIpc) is 1.12.